The third-order valence-electron chi connectivity index (χ3n) is 4.51. The van der Waals surface area contributed by atoms with E-state index in [1.807, 2.05) is 13.8 Å². The van der Waals surface area contributed by atoms with Crippen LogP contribution in [0.5, 0.6) is 5.75 Å². The van der Waals surface area contributed by atoms with Crippen LogP contribution in [-0.2, 0) is 0 Å². The number of methoxy groups -OCH3 is 1. The summed E-state index contributed by atoms with van der Waals surface area (Å²) in [7, 11) is 1.73. The molecule has 0 aromatic heterocycles. The van der Waals surface area contributed by atoms with Crippen molar-refractivity contribution in [3.8, 4) is 5.75 Å². The molecule has 1 aromatic rings. The molecule has 2 aliphatic rings. The maximum atomic E-state index is 5.38. The topological polar surface area (TPSA) is 24.8 Å². The number of amidine groups is 1. The molecule has 1 aliphatic carbocycles. The summed E-state index contributed by atoms with van der Waals surface area (Å²) in [6, 6.07) is 6.42. The molecule has 1 unspecified atom stereocenters. The van der Waals surface area contributed by atoms with Crippen LogP contribution in [0.25, 0.3) is 0 Å². The Balaban J connectivity index is 0.000000924. The maximum absolute atomic E-state index is 5.38. The van der Waals surface area contributed by atoms with E-state index in [4.69, 9.17) is 9.73 Å². The van der Waals surface area contributed by atoms with E-state index in [1.165, 1.54) is 73.4 Å². The van der Waals surface area contributed by atoms with E-state index < -0.39 is 0 Å². The Morgan fingerprint density at radius 3 is 2.52 bits per heavy atom. The van der Waals surface area contributed by atoms with E-state index in [0.717, 1.165) is 37.2 Å². The Morgan fingerprint density at radius 2 is 1.91 bits per heavy atom. The van der Waals surface area contributed by atoms with Gasteiger partial charge >= 0.3 is 160 Å². The van der Waals surface area contributed by atoms with Crippen LogP contribution in [0.4, 0.5) is 5.69 Å². The molecule has 1 saturated carbocycles. The molecule has 1 fully saturated rings. The molecule has 1 atom stereocenters. The molecule has 0 spiro atoms. The van der Waals surface area contributed by atoms with Crippen LogP contribution in [0.15, 0.2) is 23.2 Å². The minimum absolute atomic E-state index is 0.581. The number of fused-ring (bicyclic) bond motifs is 1. The number of hydrogen-bond donors (Lipinski definition) is 0. The molecular formula is C18H26N2OPb2. The predicted octanol–water partition coefficient (Wildman–Crippen LogP) is 3.94. The van der Waals surface area contributed by atoms with Gasteiger partial charge in [-0.15, -0.1) is 0 Å². The molecule has 6 radical (unpaired) electrons. The van der Waals surface area contributed by atoms with Crippen molar-refractivity contribution >= 4 is 63.1 Å². The molecule has 122 valence electrons. The second-order valence-corrected chi connectivity index (χ2v) is 9.12. The summed E-state index contributed by atoms with van der Waals surface area (Å²) in [5.41, 5.74) is 2.55. The van der Waals surface area contributed by atoms with Crippen LogP contribution in [0.2, 0.25) is 0 Å². The third-order valence-corrected chi connectivity index (χ3v) is 8.26. The zero-order valence-electron chi connectivity index (χ0n) is 14.4. The number of ether oxygens (including phenoxy) is 1. The molecule has 0 amide bonds. The molecule has 1 aromatic carbocycles. The third kappa shape index (κ3) is 4.49. The Morgan fingerprint density at radius 1 is 1.22 bits per heavy atom. The number of nitrogens with zero attached hydrogens (tertiary/aromatic N) is 2. The summed E-state index contributed by atoms with van der Waals surface area (Å²) in [6.45, 7) is 4.00. The Kier molecular flexibility index (Phi) is 8.31. The molecular weight excluding hydrogens is 675 g/mol. The Bertz CT molecular complexity index is 542. The van der Waals surface area contributed by atoms with E-state index in [0.29, 0.717) is 9.52 Å². The van der Waals surface area contributed by atoms with Gasteiger partial charge < -0.3 is 0 Å². The minimum atomic E-state index is 0.581. The molecule has 3 rings (SSSR count). The fourth-order valence-corrected chi connectivity index (χ4v) is 9.24. The van der Waals surface area contributed by atoms with Gasteiger partial charge in [0.15, 0.2) is 0 Å². The molecule has 0 bridgehead atoms. The van der Waals surface area contributed by atoms with Gasteiger partial charge in [0.05, 0.1) is 0 Å². The first kappa shape index (κ1) is 19.7. The predicted molar refractivity (Wildman–Crippen MR) is 99.0 cm³/mol. The summed E-state index contributed by atoms with van der Waals surface area (Å²) in [5, 5.41) is 0. The molecule has 23 heavy (non-hydrogen) atoms. The van der Waals surface area contributed by atoms with E-state index in [1.54, 1.807) is 7.11 Å². The van der Waals surface area contributed by atoms with Crippen molar-refractivity contribution < 1.29 is 4.74 Å². The monoisotopic (exact) mass is 702 g/mol. The standard InChI is InChI=1S/C16H20N2O.C2H6.2Pb/c1-18-11-13-8-9-14(19-2)10-15(13)17-16(18)12-6-4-3-5-7-12;1-2;;/h8-12H,1,3-7H2,2H3;1-2H3;;. The summed E-state index contributed by atoms with van der Waals surface area (Å²) in [5.74, 6) is 2.99. The normalized spacial score (nSPS) is 21.0. The summed E-state index contributed by atoms with van der Waals surface area (Å²) < 4.78 is 7.17. The van der Waals surface area contributed by atoms with Gasteiger partial charge in [-0.2, -0.15) is 0 Å². The zero-order valence-corrected chi connectivity index (χ0v) is 22.2. The van der Waals surface area contributed by atoms with Crippen LogP contribution in [0, 0.1) is 5.92 Å². The molecule has 3 nitrogen and oxygen atoms in total. The van der Waals surface area contributed by atoms with E-state index in [-0.39, 0.29) is 0 Å². The van der Waals surface area contributed by atoms with Gasteiger partial charge in [0.1, 0.15) is 0 Å². The van der Waals surface area contributed by atoms with Crippen LogP contribution in [0.3, 0.4) is 0 Å². The number of aliphatic imine (C=N–C) groups is 1. The first-order chi connectivity index (χ1) is 11.2. The number of benzene rings is 1. The second-order valence-electron chi connectivity index (χ2n) is 5.76. The quantitative estimate of drug-likeness (QED) is 0.447. The molecule has 0 N–H and O–H groups in total. The molecule has 1 heterocycles. The molecule has 1 aliphatic heterocycles. The van der Waals surface area contributed by atoms with Gasteiger partial charge in [0, 0.05) is 0 Å². The zero-order chi connectivity index (χ0) is 16.8. The van der Waals surface area contributed by atoms with Crippen molar-refractivity contribution in [2.24, 2.45) is 10.9 Å². The summed E-state index contributed by atoms with van der Waals surface area (Å²) in [4.78, 5) is 7.70. The van der Waals surface area contributed by atoms with Crippen LogP contribution in [0.1, 0.15) is 55.1 Å². The first-order valence-electron chi connectivity index (χ1n) is 8.63. The van der Waals surface area contributed by atoms with Crippen molar-refractivity contribution in [2.75, 3.05) is 11.2 Å². The van der Waals surface area contributed by atoms with Crippen molar-refractivity contribution in [2.45, 2.75) is 49.6 Å². The van der Waals surface area contributed by atoms with E-state index in [2.05, 4.69) is 23.1 Å². The number of hydrogen-bond acceptors (Lipinski definition) is 3. The van der Waals surface area contributed by atoms with E-state index in [9.17, 15) is 0 Å². The molecule has 5 heteroatoms. The van der Waals surface area contributed by atoms with Crippen LogP contribution >= 0.6 is 0 Å². The van der Waals surface area contributed by atoms with Crippen molar-refractivity contribution in [3.05, 3.63) is 23.8 Å². The first-order valence-corrected chi connectivity index (χ1v) is 13.6. The van der Waals surface area contributed by atoms with Gasteiger partial charge in [0.2, 0.25) is 0 Å². The second kappa shape index (κ2) is 9.72. The molecule has 0 saturated heterocycles. The summed E-state index contributed by atoms with van der Waals surface area (Å²) in [6.07, 6.45) is 6.79. The van der Waals surface area contributed by atoms with Crippen molar-refractivity contribution in [1.29, 1.82) is 0 Å². The Hall–Kier alpha value is 0.334. The van der Waals surface area contributed by atoms with Gasteiger partial charge in [-0.25, -0.2) is 0 Å². The van der Waals surface area contributed by atoms with Gasteiger partial charge in [0.25, 0.3) is 0 Å². The van der Waals surface area contributed by atoms with Crippen molar-refractivity contribution in [1.82, 2.24) is 4.90 Å². The Labute approximate surface area is 172 Å². The van der Waals surface area contributed by atoms with Gasteiger partial charge in [-0.05, 0) is 0 Å². The average Bonchev–Trinajstić information content (AvgIpc) is 2.63. The average molecular weight is 701 g/mol. The van der Waals surface area contributed by atoms with Crippen LogP contribution < -0.4 is 4.74 Å². The summed E-state index contributed by atoms with van der Waals surface area (Å²) >= 11 is 2.36. The van der Waals surface area contributed by atoms with E-state index >= 15 is 0 Å². The van der Waals surface area contributed by atoms with Crippen LogP contribution in [-0.4, -0.2) is 73.5 Å². The fourth-order valence-electron chi connectivity index (χ4n) is 3.33. The van der Waals surface area contributed by atoms with Gasteiger partial charge in [-0.1, -0.05) is 13.8 Å². The number of rotatable bonds is 3. The fraction of sp³-hybridized carbons (Fsp3) is 0.611. The van der Waals surface area contributed by atoms with Gasteiger partial charge in [-0.3, -0.25) is 0 Å². The SMILES string of the molecule is CC.COc1ccc2c(c1)N=C(C1CCCCC1)N([CH2][Pb])[CH]2[Pb]. The van der Waals surface area contributed by atoms with Crippen molar-refractivity contribution in [3.63, 3.8) is 0 Å².